The Bertz CT molecular complexity index is 452. The van der Waals surface area contributed by atoms with Gasteiger partial charge < -0.3 is 15.5 Å². The number of carbonyl (C=O) groups excluding carboxylic acids is 1. The molecule has 1 aromatic heterocycles. The normalized spacial score (nSPS) is 19.4. The molecule has 3 N–H and O–H groups in total. The second-order valence-corrected chi connectivity index (χ2v) is 4.24. The fraction of sp³-hybridized carbons (Fsp3) is 0.545. The van der Waals surface area contributed by atoms with Crippen LogP contribution in [0.4, 0.5) is 11.8 Å². The largest absolute Gasteiger partial charge is 0.503 e. The van der Waals surface area contributed by atoms with E-state index >= 15 is 0 Å². The molecule has 18 heavy (non-hydrogen) atoms. The number of anilines is 2. The summed E-state index contributed by atoms with van der Waals surface area (Å²) in [6.45, 7) is 1.89. The average Bonchev–Trinajstić information content (AvgIpc) is 2.41. The molecule has 0 radical (unpaired) electrons. The third-order valence-corrected chi connectivity index (χ3v) is 2.87. The molecule has 0 saturated heterocycles. The Morgan fingerprint density at radius 1 is 1.67 bits per heavy atom. The van der Waals surface area contributed by atoms with Gasteiger partial charge in [0.1, 0.15) is 0 Å². The molecule has 2 heterocycles. The zero-order valence-corrected chi connectivity index (χ0v) is 10.1. The number of nitrogens with one attached hydrogen (secondary N) is 1. The van der Waals surface area contributed by atoms with Gasteiger partial charge in [0.05, 0.1) is 18.8 Å². The van der Waals surface area contributed by atoms with Gasteiger partial charge in [-0.2, -0.15) is 4.98 Å². The quantitative estimate of drug-likeness (QED) is 0.655. The summed E-state index contributed by atoms with van der Waals surface area (Å²) in [5.74, 6) is 0.269. The Balaban J connectivity index is 2.38. The summed E-state index contributed by atoms with van der Waals surface area (Å²) >= 11 is 0. The van der Waals surface area contributed by atoms with Crippen molar-refractivity contribution >= 4 is 17.7 Å². The number of aromatic nitrogens is 2. The minimum Gasteiger partial charge on any atom is -0.503 e. The number of aliphatic hydroxyl groups excluding tert-OH is 1. The summed E-state index contributed by atoms with van der Waals surface area (Å²) in [7, 11) is 0. The van der Waals surface area contributed by atoms with Gasteiger partial charge in [-0.3, -0.25) is 9.69 Å². The second-order valence-electron chi connectivity index (χ2n) is 4.24. The monoisotopic (exact) mass is 252 g/mol. The Kier molecular flexibility index (Phi) is 3.61. The van der Waals surface area contributed by atoms with Crippen LogP contribution in [0.1, 0.15) is 19.8 Å². The van der Waals surface area contributed by atoms with Crippen molar-refractivity contribution < 1.29 is 15.0 Å². The van der Waals surface area contributed by atoms with E-state index in [0.29, 0.717) is 13.0 Å². The van der Waals surface area contributed by atoms with Crippen LogP contribution in [0.3, 0.4) is 0 Å². The van der Waals surface area contributed by atoms with E-state index in [1.807, 2.05) is 0 Å². The molecule has 1 amide bonds. The minimum atomic E-state index is -0.189. The number of amides is 1. The average molecular weight is 252 g/mol. The van der Waals surface area contributed by atoms with Crippen molar-refractivity contribution in [1.29, 1.82) is 0 Å². The highest BCUT2D eigenvalue weighted by Gasteiger charge is 2.21. The standard InChI is InChI=1S/C11H16N4O3/c1-7(17)15-4-2-3-8(6-16)13-10-9(18)5-12-11(15)14-10/h5,8,16,18H,2-4,6H2,1H3,(H,12,13,14)/t8-/m0/s1. The Labute approximate surface area is 104 Å². The minimum absolute atomic E-state index is 0.0567. The number of aliphatic hydroxyl groups is 1. The number of hydrogen-bond donors (Lipinski definition) is 3. The molecule has 0 aromatic carbocycles. The summed E-state index contributed by atoms with van der Waals surface area (Å²) in [5, 5.41) is 21.8. The van der Waals surface area contributed by atoms with Gasteiger partial charge in [-0.15, -0.1) is 0 Å². The highest BCUT2D eigenvalue weighted by Crippen LogP contribution is 2.25. The summed E-state index contributed by atoms with van der Waals surface area (Å²) in [4.78, 5) is 21.1. The molecule has 1 atom stereocenters. The first-order chi connectivity index (χ1) is 8.61. The zero-order valence-electron chi connectivity index (χ0n) is 10.1. The third kappa shape index (κ3) is 2.51. The number of hydrogen-bond acceptors (Lipinski definition) is 6. The van der Waals surface area contributed by atoms with Crippen LogP contribution >= 0.6 is 0 Å². The molecular formula is C11H16N4O3. The van der Waals surface area contributed by atoms with Crippen molar-refractivity contribution in [2.24, 2.45) is 0 Å². The molecule has 0 unspecified atom stereocenters. The summed E-state index contributed by atoms with van der Waals surface area (Å²) in [6, 6.07) is -0.189. The first-order valence-corrected chi connectivity index (χ1v) is 5.83. The van der Waals surface area contributed by atoms with Crippen LogP contribution in [0.15, 0.2) is 6.20 Å². The van der Waals surface area contributed by atoms with Gasteiger partial charge >= 0.3 is 0 Å². The fourth-order valence-electron chi connectivity index (χ4n) is 1.90. The van der Waals surface area contributed by atoms with E-state index in [-0.39, 0.29) is 36.1 Å². The first-order valence-electron chi connectivity index (χ1n) is 5.83. The van der Waals surface area contributed by atoms with Crippen LogP contribution in [0, 0.1) is 0 Å². The third-order valence-electron chi connectivity index (χ3n) is 2.87. The lowest BCUT2D eigenvalue weighted by molar-refractivity contribution is -0.116. The molecule has 2 bridgehead atoms. The topological polar surface area (TPSA) is 98.6 Å². The fourth-order valence-corrected chi connectivity index (χ4v) is 1.90. The number of nitrogens with zero attached hydrogens (tertiary/aromatic N) is 3. The predicted molar refractivity (Wildman–Crippen MR) is 65.5 cm³/mol. The van der Waals surface area contributed by atoms with Crippen LogP contribution in [-0.2, 0) is 4.79 Å². The maximum Gasteiger partial charge on any atom is 0.234 e. The Hall–Kier alpha value is -1.89. The highest BCUT2D eigenvalue weighted by atomic mass is 16.3. The Morgan fingerprint density at radius 2 is 2.44 bits per heavy atom. The van der Waals surface area contributed by atoms with Crippen LogP contribution in [0.5, 0.6) is 5.75 Å². The van der Waals surface area contributed by atoms with Crippen molar-refractivity contribution in [3.8, 4) is 5.75 Å². The van der Waals surface area contributed by atoms with E-state index in [9.17, 15) is 15.0 Å². The van der Waals surface area contributed by atoms with Gasteiger partial charge in [-0.25, -0.2) is 4.98 Å². The smallest absolute Gasteiger partial charge is 0.234 e. The molecule has 7 heteroatoms. The lowest BCUT2D eigenvalue weighted by Gasteiger charge is -2.17. The summed E-state index contributed by atoms with van der Waals surface area (Å²) < 4.78 is 0. The van der Waals surface area contributed by atoms with Crippen molar-refractivity contribution in [2.45, 2.75) is 25.8 Å². The van der Waals surface area contributed by atoms with E-state index in [4.69, 9.17) is 0 Å². The molecule has 1 aliphatic rings. The molecule has 2 rings (SSSR count). The molecule has 7 nitrogen and oxygen atoms in total. The number of carbonyl (C=O) groups is 1. The molecular weight excluding hydrogens is 236 g/mol. The van der Waals surface area contributed by atoms with E-state index in [1.54, 1.807) is 0 Å². The van der Waals surface area contributed by atoms with Crippen molar-refractivity contribution in [3.63, 3.8) is 0 Å². The molecule has 1 aromatic rings. The second kappa shape index (κ2) is 5.18. The van der Waals surface area contributed by atoms with Crippen LogP contribution in [0.2, 0.25) is 0 Å². The van der Waals surface area contributed by atoms with Crippen molar-refractivity contribution in [2.75, 3.05) is 23.4 Å². The maximum absolute atomic E-state index is 11.5. The molecule has 98 valence electrons. The van der Waals surface area contributed by atoms with Gasteiger partial charge in [0.15, 0.2) is 11.6 Å². The highest BCUT2D eigenvalue weighted by molar-refractivity contribution is 5.89. The number of fused-ring (bicyclic) bond motifs is 2. The molecule has 0 aliphatic carbocycles. The number of aromatic hydroxyl groups is 1. The van der Waals surface area contributed by atoms with E-state index in [1.165, 1.54) is 18.0 Å². The van der Waals surface area contributed by atoms with Gasteiger partial charge in [0.25, 0.3) is 0 Å². The zero-order chi connectivity index (χ0) is 13.1. The van der Waals surface area contributed by atoms with Crippen LogP contribution in [0.25, 0.3) is 0 Å². The van der Waals surface area contributed by atoms with Crippen molar-refractivity contribution in [3.05, 3.63) is 6.20 Å². The van der Waals surface area contributed by atoms with Crippen LogP contribution in [-0.4, -0.2) is 45.3 Å². The van der Waals surface area contributed by atoms with E-state index < -0.39 is 0 Å². The summed E-state index contributed by atoms with van der Waals surface area (Å²) in [6.07, 6.45) is 2.65. The van der Waals surface area contributed by atoms with E-state index in [2.05, 4.69) is 15.3 Å². The van der Waals surface area contributed by atoms with Gasteiger partial charge in [0, 0.05) is 13.5 Å². The predicted octanol–water partition coefficient (Wildman–Crippen LogP) is 0.102. The van der Waals surface area contributed by atoms with Gasteiger partial charge in [-0.1, -0.05) is 0 Å². The molecule has 0 spiro atoms. The number of rotatable bonds is 1. The molecule has 0 saturated carbocycles. The molecule has 0 fully saturated rings. The van der Waals surface area contributed by atoms with Gasteiger partial charge in [-0.05, 0) is 12.8 Å². The molecule has 1 aliphatic heterocycles. The Morgan fingerprint density at radius 3 is 3.11 bits per heavy atom. The van der Waals surface area contributed by atoms with Crippen LogP contribution < -0.4 is 10.2 Å². The SMILES string of the molecule is CC(=O)N1CCC[C@@H](CO)Nc2nc1ncc2O. The van der Waals surface area contributed by atoms with Gasteiger partial charge in [0.2, 0.25) is 11.9 Å². The lowest BCUT2D eigenvalue weighted by atomic mass is 10.1. The van der Waals surface area contributed by atoms with E-state index in [0.717, 1.165) is 6.42 Å². The summed E-state index contributed by atoms with van der Waals surface area (Å²) in [5.41, 5.74) is 0. The van der Waals surface area contributed by atoms with Crippen molar-refractivity contribution in [1.82, 2.24) is 9.97 Å². The maximum atomic E-state index is 11.5. The first kappa shape index (κ1) is 12.6. The lowest BCUT2D eigenvalue weighted by Crippen LogP contribution is -2.31.